The zero-order chi connectivity index (χ0) is 23.4. The fourth-order valence-corrected chi connectivity index (χ4v) is 3.08. The maximum atomic E-state index is 12.4. The molecule has 168 valence electrons. The number of hydrogen-bond donors (Lipinski definition) is 0. The summed E-state index contributed by atoms with van der Waals surface area (Å²) >= 11 is 0. The molecule has 0 aliphatic rings. The van der Waals surface area contributed by atoms with E-state index in [0.29, 0.717) is 11.5 Å². The van der Waals surface area contributed by atoms with Gasteiger partial charge in [-0.15, -0.1) is 13.2 Å². The first-order valence-corrected chi connectivity index (χ1v) is 10.0. The van der Waals surface area contributed by atoms with Gasteiger partial charge in [0.2, 0.25) is 0 Å². The molecule has 0 N–H and O–H groups in total. The van der Waals surface area contributed by atoms with E-state index in [4.69, 9.17) is 9.47 Å². The molecule has 0 aromatic heterocycles. The molecule has 0 spiro atoms. The van der Waals surface area contributed by atoms with Gasteiger partial charge in [0.25, 0.3) is 0 Å². The Balaban J connectivity index is 1.90. The number of rotatable bonds is 6. The summed E-state index contributed by atoms with van der Waals surface area (Å²) in [6.07, 6.45) is -1.39. The maximum Gasteiger partial charge on any atom is 0.573 e. The van der Waals surface area contributed by atoms with Gasteiger partial charge in [0.05, 0.1) is 13.4 Å². The molecule has 0 atom stereocenters. The number of alkyl halides is 3. The van der Waals surface area contributed by atoms with Crippen molar-refractivity contribution in [1.29, 1.82) is 0 Å². The van der Waals surface area contributed by atoms with Crippen molar-refractivity contribution >= 4 is 6.08 Å². The molecule has 0 radical (unpaired) electrons. The first kappa shape index (κ1) is 23.3. The van der Waals surface area contributed by atoms with Gasteiger partial charge in [-0.25, -0.2) is 0 Å². The van der Waals surface area contributed by atoms with E-state index in [1.165, 1.54) is 17.7 Å². The van der Waals surface area contributed by atoms with Crippen LogP contribution < -0.4 is 9.47 Å². The summed E-state index contributed by atoms with van der Waals surface area (Å²) in [5.74, 6) is 1.00. The van der Waals surface area contributed by atoms with E-state index in [0.717, 1.165) is 16.7 Å². The Morgan fingerprint density at radius 3 is 1.91 bits per heavy atom. The van der Waals surface area contributed by atoms with E-state index in [1.54, 1.807) is 31.6 Å². The molecule has 3 rings (SSSR count). The maximum absolute atomic E-state index is 12.4. The molecule has 0 aliphatic heterocycles. The average molecular weight is 442 g/mol. The van der Waals surface area contributed by atoms with E-state index in [2.05, 4.69) is 25.5 Å². The normalized spacial score (nSPS) is 12.1. The Kier molecular flexibility index (Phi) is 6.82. The number of ether oxygens (including phenoxy) is 3. The van der Waals surface area contributed by atoms with Gasteiger partial charge in [0.1, 0.15) is 17.2 Å². The molecule has 3 aromatic carbocycles. The largest absolute Gasteiger partial charge is 0.573 e. The Hall–Kier alpha value is -3.41. The minimum Gasteiger partial charge on any atom is -0.504 e. The van der Waals surface area contributed by atoms with Crippen molar-refractivity contribution in [2.75, 3.05) is 7.11 Å². The molecule has 0 saturated heterocycles. The molecule has 32 heavy (non-hydrogen) atoms. The minimum atomic E-state index is -4.72. The molecule has 0 aliphatic carbocycles. The number of methoxy groups -OCH3 is 1. The lowest BCUT2D eigenvalue weighted by Gasteiger charge is -2.19. The highest BCUT2D eigenvalue weighted by Gasteiger charge is 2.31. The lowest BCUT2D eigenvalue weighted by atomic mass is 9.87. The van der Waals surface area contributed by atoms with Gasteiger partial charge >= 0.3 is 6.36 Å². The molecular formula is C26H25F3O3. The van der Waals surface area contributed by atoms with Gasteiger partial charge in [-0.3, -0.25) is 0 Å². The minimum absolute atomic E-state index is 0.0345. The fourth-order valence-electron chi connectivity index (χ4n) is 3.08. The molecule has 3 aromatic rings. The predicted molar refractivity (Wildman–Crippen MR) is 120 cm³/mol. The van der Waals surface area contributed by atoms with E-state index in [9.17, 15) is 13.2 Å². The van der Waals surface area contributed by atoms with Crippen LogP contribution in [0.3, 0.4) is 0 Å². The fraction of sp³-hybridized carbons (Fsp3) is 0.231. The number of halogens is 3. The van der Waals surface area contributed by atoms with Crippen molar-refractivity contribution in [3.63, 3.8) is 0 Å². The van der Waals surface area contributed by atoms with Gasteiger partial charge in [-0.2, -0.15) is 0 Å². The summed E-state index contributed by atoms with van der Waals surface area (Å²) in [7, 11) is 1.56. The average Bonchev–Trinajstić information content (AvgIpc) is 2.72. The van der Waals surface area contributed by atoms with Crippen molar-refractivity contribution in [3.8, 4) is 28.4 Å². The molecular weight excluding hydrogens is 417 g/mol. The summed E-state index contributed by atoms with van der Waals surface area (Å²) in [6.45, 7) is 6.43. The first-order chi connectivity index (χ1) is 15.0. The SMILES string of the molecule is CO/C=C/c1ccc(-c2ccc(OC(F)(F)F)cc2)cc1Oc1ccc(C(C)(C)C)cc1. The standard InChI is InChI=1S/C26H25F3O3/c1-25(2,3)21-9-13-22(14-10-21)31-24-17-20(6-5-19(24)15-16-30-4)18-7-11-23(12-8-18)32-26(27,28)29/h5-17H,1-4H3/b16-15+. The summed E-state index contributed by atoms with van der Waals surface area (Å²) in [5, 5.41) is 0. The summed E-state index contributed by atoms with van der Waals surface area (Å²) < 4.78 is 52.3. The van der Waals surface area contributed by atoms with Crippen molar-refractivity contribution in [3.05, 3.63) is 84.1 Å². The topological polar surface area (TPSA) is 27.7 Å². The van der Waals surface area contributed by atoms with Crippen LogP contribution in [0.15, 0.2) is 73.0 Å². The molecule has 0 saturated carbocycles. The number of hydrogen-bond acceptors (Lipinski definition) is 3. The van der Waals surface area contributed by atoms with Crippen LogP contribution >= 0.6 is 0 Å². The van der Waals surface area contributed by atoms with Crippen molar-refractivity contribution in [2.24, 2.45) is 0 Å². The van der Waals surface area contributed by atoms with E-state index < -0.39 is 6.36 Å². The highest BCUT2D eigenvalue weighted by molar-refractivity contribution is 5.70. The molecule has 0 amide bonds. The molecule has 3 nitrogen and oxygen atoms in total. The van der Waals surface area contributed by atoms with Gasteiger partial charge < -0.3 is 14.2 Å². The van der Waals surface area contributed by atoms with Crippen LogP contribution in [0.1, 0.15) is 31.9 Å². The quantitative estimate of drug-likeness (QED) is 0.363. The lowest BCUT2D eigenvalue weighted by Crippen LogP contribution is -2.16. The van der Waals surface area contributed by atoms with E-state index in [1.807, 2.05) is 42.5 Å². The Bertz CT molecular complexity index is 1060. The van der Waals surface area contributed by atoms with E-state index >= 15 is 0 Å². The van der Waals surface area contributed by atoms with Crippen molar-refractivity contribution in [2.45, 2.75) is 32.5 Å². The highest BCUT2D eigenvalue weighted by Crippen LogP contribution is 2.34. The Morgan fingerprint density at radius 2 is 1.34 bits per heavy atom. The van der Waals surface area contributed by atoms with Gasteiger partial charge in [-0.1, -0.05) is 57.2 Å². The van der Waals surface area contributed by atoms with Crippen LogP contribution in [0.2, 0.25) is 0 Å². The molecule has 6 heteroatoms. The highest BCUT2D eigenvalue weighted by atomic mass is 19.4. The van der Waals surface area contributed by atoms with Gasteiger partial charge in [0, 0.05) is 5.56 Å². The van der Waals surface area contributed by atoms with Gasteiger partial charge in [-0.05, 0) is 58.5 Å². The van der Waals surface area contributed by atoms with Crippen LogP contribution in [0.5, 0.6) is 17.2 Å². The van der Waals surface area contributed by atoms with Crippen LogP contribution in [0.4, 0.5) is 13.2 Å². The third-order valence-electron chi connectivity index (χ3n) is 4.77. The third kappa shape index (κ3) is 6.30. The molecule has 0 fully saturated rings. The third-order valence-corrected chi connectivity index (χ3v) is 4.77. The summed E-state index contributed by atoms with van der Waals surface area (Å²) in [6, 6.07) is 19.2. The Morgan fingerprint density at radius 1 is 0.750 bits per heavy atom. The van der Waals surface area contributed by atoms with E-state index in [-0.39, 0.29) is 11.2 Å². The van der Waals surface area contributed by atoms with Crippen molar-refractivity contribution < 1.29 is 27.4 Å². The second-order valence-electron chi connectivity index (χ2n) is 8.24. The zero-order valence-electron chi connectivity index (χ0n) is 18.4. The molecule has 0 heterocycles. The number of benzene rings is 3. The van der Waals surface area contributed by atoms with Crippen molar-refractivity contribution in [1.82, 2.24) is 0 Å². The smallest absolute Gasteiger partial charge is 0.504 e. The van der Waals surface area contributed by atoms with Gasteiger partial charge in [0.15, 0.2) is 0 Å². The molecule has 0 bridgehead atoms. The second-order valence-corrected chi connectivity index (χ2v) is 8.24. The monoisotopic (exact) mass is 442 g/mol. The predicted octanol–water partition coefficient (Wildman–Crippen LogP) is 7.96. The van der Waals surface area contributed by atoms with Crippen LogP contribution in [0, 0.1) is 0 Å². The van der Waals surface area contributed by atoms with Crippen LogP contribution in [-0.2, 0) is 10.2 Å². The molecule has 0 unspecified atom stereocenters. The summed E-state index contributed by atoms with van der Waals surface area (Å²) in [4.78, 5) is 0. The first-order valence-electron chi connectivity index (χ1n) is 10.0. The lowest BCUT2D eigenvalue weighted by molar-refractivity contribution is -0.274. The summed E-state index contributed by atoms with van der Waals surface area (Å²) in [5.41, 5.74) is 3.55. The van der Waals surface area contributed by atoms with Crippen LogP contribution in [0.25, 0.3) is 17.2 Å². The second kappa shape index (κ2) is 9.39. The zero-order valence-corrected chi connectivity index (χ0v) is 18.4. The Labute approximate surface area is 186 Å². The van der Waals surface area contributed by atoms with Crippen LogP contribution in [-0.4, -0.2) is 13.5 Å².